The van der Waals surface area contributed by atoms with Gasteiger partial charge in [0.2, 0.25) is 0 Å². The van der Waals surface area contributed by atoms with Crippen molar-refractivity contribution in [3.8, 4) is 10.6 Å². The molecule has 0 atom stereocenters. The average Bonchev–Trinajstić information content (AvgIpc) is 2.77. The standard InChI is InChI=1S/C12H10N2O3S/c1-6-2-3-7(11(13)15)10(14-6)8-4-5-9(18-8)12(16)17/h2-5H,1H3,(H2,13,15)(H,16,17). The molecule has 5 nitrogen and oxygen atoms in total. The van der Waals surface area contributed by atoms with Crippen molar-refractivity contribution in [2.24, 2.45) is 5.73 Å². The number of rotatable bonds is 3. The first-order valence-corrected chi connectivity index (χ1v) is 5.91. The van der Waals surface area contributed by atoms with Crippen LogP contribution in [0.25, 0.3) is 10.6 Å². The predicted molar refractivity (Wildman–Crippen MR) is 67.8 cm³/mol. The number of nitrogens with two attached hydrogens (primary N) is 1. The third-order valence-corrected chi connectivity index (χ3v) is 3.43. The molecule has 0 aliphatic carbocycles. The lowest BCUT2D eigenvalue weighted by Gasteiger charge is -2.04. The summed E-state index contributed by atoms with van der Waals surface area (Å²) >= 11 is 1.06. The molecule has 0 saturated heterocycles. The highest BCUT2D eigenvalue weighted by atomic mass is 32.1. The van der Waals surface area contributed by atoms with E-state index in [1.54, 1.807) is 25.1 Å². The molecular formula is C12H10N2O3S. The SMILES string of the molecule is Cc1ccc(C(N)=O)c(-c2ccc(C(=O)O)s2)n1. The van der Waals surface area contributed by atoms with Crippen LogP contribution in [-0.2, 0) is 0 Å². The summed E-state index contributed by atoms with van der Waals surface area (Å²) in [7, 11) is 0. The van der Waals surface area contributed by atoms with Gasteiger partial charge in [-0.15, -0.1) is 11.3 Å². The molecule has 0 spiro atoms. The van der Waals surface area contributed by atoms with Crippen molar-refractivity contribution in [1.29, 1.82) is 0 Å². The molecule has 0 aliphatic heterocycles. The van der Waals surface area contributed by atoms with Crippen LogP contribution in [0.2, 0.25) is 0 Å². The molecule has 2 heterocycles. The van der Waals surface area contributed by atoms with Crippen LogP contribution in [0.4, 0.5) is 0 Å². The number of aryl methyl sites for hydroxylation is 1. The van der Waals surface area contributed by atoms with Gasteiger partial charge in [0.25, 0.3) is 5.91 Å². The summed E-state index contributed by atoms with van der Waals surface area (Å²) in [4.78, 5) is 27.2. The van der Waals surface area contributed by atoms with Crippen molar-refractivity contribution < 1.29 is 14.7 Å². The minimum absolute atomic E-state index is 0.198. The second-order valence-electron chi connectivity index (χ2n) is 3.68. The molecular weight excluding hydrogens is 252 g/mol. The molecule has 0 saturated carbocycles. The number of amides is 1. The van der Waals surface area contributed by atoms with E-state index >= 15 is 0 Å². The Labute approximate surface area is 107 Å². The van der Waals surface area contributed by atoms with E-state index in [1.807, 2.05) is 0 Å². The fraction of sp³-hybridized carbons (Fsp3) is 0.0833. The monoisotopic (exact) mass is 262 g/mol. The van der Waals surface area contributed by atoms with Crippen molar-refractivity contribution in [3.63, 3.8) is 0 Å². The number of pyridine rings is 1. The number of carbonyl (C=O) groups is 2. The Kier molecular flexibility index (Phi) is 3.12. The normalized spacial score (nSPS) is 10.3. The maximum atomic E-state index is 11.3. The van der Waals surface area contributed by atoms with E-state index in [1.165, 1.54) is 6.07 Å². The number of carbonyl (C=O) groups excluding carboxylic acids is 1. The topological polar surface area (TPSA) is 93.3 Å². The zero-order valence-electron chi connectivity index (χ0n) is 9.51. The number of thiophene rings is 1. The molecule has 2 aromatic rings. The van der Waals surface area contributed by atoms with Gasteiger partial charge in [-0.3, -0.25) is 9.78 Å². The van der Waals surface area contributed by atoms with Crippen LogP contribution in [0.3, 0.4) is 0 Å². The summed E-state index contributed by atoms with van der Waals surface area (Å²) < 4.78 is 0. The van der Waals surface area contributed by atoms with E-state index in [9.17, 15) is 9.59 Å². The van der Waals surface area contributed by atoms with Gasteiger partial charge in [-0.05, 0) is 31.2 Å². The smallest absolute Gasteiger partial charge is 0.345 e. The Hall–Kier alpha value is -2.21. The fourth-order valence-corrected chi connectivity index (χ4v) is 2.37. The highest BCUT2D eigenvalue weighted by Crippen LogP contribution is 2.29. The molecule has 0 radical (unpaired) electrons. The Balaban J connectivity index is 2.57. The van der Waals surface area contributed by atoms with E-state index in [-0.39, 0.29) is 4.88 Å². The Morgan fingerprint density at radius 1 is 1.28 bits per heavy atom. The van der Waals surface area contributed by atoms with Crippen LogP contribution in [0, 0.1) is 6.92 Å². The summed E-state index contributed by atoms with van der Waals surface area (Å²) in [5, 5.41) is 8.88. The van der Waals surface area contributed by atoms with Crippen LogP contribution in [0.15, 0.2) is 24.3 Å². The number of carboxylic acid groups (broad SMARTS) is 1. The van der Waals surface area contributed by atoms with Gasteiger partial charge in [0.05, 0.1) is 16.1 Å². The van der Waals surface area contributed by atoms with Crippen molar-refractivity contribution in [2.75, 3.05) is 0 Å². The van der Waals surface area contributed by atoms with Gasteiger partial charge in [-0.25, -0.2) is 4.79 Å². The third-order valence-electron chi connectivity index (χ3n) is 2.35. The zero-order chi connectivity index (χ0) is 13.3. The lowest BCUT2D eigenvalue weighted by atomic mass is 10.1. The Morgan fingerprint density at radius 3 is 2.56 bits per heavy atom. The first-order valence-electron chi connectivity index (χ1n) is 5.10. The quantitative estimate of drug-likeness (QED) is 0.883. The second kappa shape index (κ2) is 4.58. The number of aromatic nitrogens is 1. The van der Waals surface area contributed by atoms with Crippen LogP contribution in [0.5, 0.6) is 0 Å². The van der Waals surface area contributed by atoms with E-state index in [2.05, 4.69) is 4.98 Å². The molecule has 0 aliphatic rings. The Bertz CT molecular complexity index is 634. The van der Waals surface area contributed by atoms with E-state index < -0.39 is 11.9 Å². The maximum absolute atomic E-state index is 11.3. The summed E-state index contributed by atoms with van der Waals surface area (Å²) in [5.41, 5.74) is 6.74. The number of carboxylic acids is 1. The Morgan fingerprint density at radius 2 is 2.00 bits per heavy atom. The summed E-state index contributed by atoms with van der Waals surface area (Å²) in [5.74, 6) is -1.58. The molecule has 0 bridgehead atoms. The van der Waals surface area contributed by atoms with Gasteiger partial charge in [-0.1, -0.05) is 0 Å². The molecule has 3 N–H and O–H groups in total. The van der Waals surface area contributed by atoms with Crippen LogP contribution in [0.1, 0.15) is 25.7 Å². The fourth-order valence-electron chi connectivity index (χ4n) is 1.52. The van der Waals surface area contributed by atoms with Gasteiger partial charge in [-0.2, -0.15) is 0 Å². The van der Waals surface area contributed by atoms with Gasteiger partial charge in [0.1, 0.15) is 4.88 Å². The molecule has 18 heavy (non-hydrogen) atoms. The highest BCUT2D eigenvalue weighted by molar-refractivity contribution is 7.17. The van der Waals surface area contributed by atoms with Crippen molar-refractivity contribution in [1.82, 2.24) is 4.98 Å². The van der Waals surface area contributed by atoms with E-state index in [0.717, 1.165) is 17.0 Å². The van der Waals surface area contributed by atoms with Crippen molar-refractivity contribution >= 4 is 23.2 Å². The van der Waals surface area contributed by atoms with E-state index in [4.69, 9.17) is 10.8 Å². The minimum atomic E-state index is -1.00. The number of hydrogen-bond acceptors (Lipinski definition) is 4. The second-order valence-corrected chi connectivity index (χ2v) is 4.77. The van der Waals surface area contributed by atoms with Gasteiger partial charge >= 0.3 is 5.97 Å². The molecule has 0 unspecified atom stereocenters. The van der Waals surface area contributed by atoms with E-state index in [0.29, 0.717) is 16.1 Å². The molecule has 2 rings (SSSR count). The van der Waals surface area contributed by atoms with Gasteiger partial charge < -0.3 is 10.8 Å². The van der Waals surface area contributed by atoms with Crippen LogP contribution < -0.4 is 5.73 Å². The minimum Gasteiger partial charge on any atom is -0.477 e. The molecule has 0 fully saturated rings. The summed E-state index contributed by atoms with van der Waals surface area (Å²) in [6.07, 6.45) is 0. The summed E-state index contributed by atoms with van der Waals surface area (Å²) in [6.45, 7) is 1.79. The highest BCUT2D eigenvalue weighted by Gasteiger charge is 2.15. The lowest BCUT2D eigenvalue weighted by molar-refractivity contribution is 0.0702. The van der Waals surface area contributed by atoms with Crippen LogP contribution >= 0.6 is 11.3 Å². The van der Waals surface area contributed by atoms with Gasteiger partial charge in [0.15, 0.2) is 0 Å². The lowest BCUT2D eigenvalue weighted by Crippen LogP contribution is -2.13. The largest absolute Gasteiger partial charge is 0.477 e. The summed E-state index contributed by atoms with van der Waals surface area (Å²) in [6, 6.07) is 6.40. The molecule has 1 amide bonds. The predicted octanol–water partition coefficient (Wildman–Crippen LogP) is 1.92. The maximum Gasteiger partial charge on any atom is 0.345 e. The average molecular weight is 262 g/mol. The number of aromatic carboxylic acids is 1. The zero-order valence-corrected chi connectivity index (χ0v) is 10.3. The molecule has 0 aromatic carbocycles. The van der Waals surface area contributed by atoms with Crippen LogP contribution in [-0.4, -0.2) is 22.0 Å². The first-order chi connectivity index (χ1) is 8.49. The first kappa shape index (κ1) is 12.3. The number of nitrogens with zero attached hydrogens (tertiary/aromatic N) is 1. The molecule has 92 valence electrons. The number of primary amides is 1. The van der Waals surface area contributed by atoms with Crippen molar-refractivity contribution in [2.45, 2.75) is 6.92 Å². The van der Waals surface area contributed by atoms with Gasteiger partial charge in [0, 0.05) is 5.69 Å². The number of hydrogen-bond donors (Lipinski definition) is 2. The molecule has 2 aromatic heterocycles. The third kappa shape index (κ3) is 2.23. The molecule has 6 heteroatoms. The van der Waals surface area contributed by atoms with Crippen molar-refractivity contribution in [3.05, 3.63) is 40.4 Å².